The molecule has 106 valence electrons. The maximum Gasteiger partial charge on any atom is 0.245 e. The molecule has 0 amide bonds. The van der Waals surface area contributed by atoms with Gasteiger partial charge in [0.1, 0.15) is 0 Å². The standard InChI is InChI=1S/C15H21N5/c1-11-7-5-6-8-12(11)9-16-13-10-17-20-14(18-13)19-15(2,3)4/h5-8,10H,9H2,1-4H3,(H2,16,18,19,20). The minimum atomic E-state index is -0.0870. The van der Waals surface area contributed by atoms with Gasteiger partial charge in [0.15, 0.2) is 5.82 Å². The van der Waals surface area contributed by atoms with Crippen molar-refractivity contribution < 1.29 is 0 Å². The maximum absolute atomic E-state index is 4.41. The van der Waals surface area contributed by atoms with Crippen molar-refractivity contribution in [2.45, 2.75) is 39.8 Å². The Balaban J connectivity index is 2.03. The fraction of sp³-hybridized carbons (Fsp3) is 0.400. The molecular formula is C15H21N5. The van der Waals surface area contributed by atoms with Gasteiger partial charge in [-0.3, -0.25) is 0 Å². The van der Waals surface area contributed by atoms with E-state index in [2.05, 4.69) is 65.6 Å². The van der Waals surface area contributed by atoms with Crippen LogP contribution < -0.4 is 10.6 Å². The first-order chi connectivity index (χ1) is 9.44. The molecular weight excluding hydrogens is 250 g/mol. The highest BCUT2D eigenvalue weighted by Gasteiger charge is 2.11. The summed E-state index contributed by atoms with van der Waals surface area (Å²) in [6.07, 6.45) is 1.63. The number of rotatable bonds is 4. The summed E-state index contributed by atoms with van der Waals surface area (Å²) in [5.74, 6) is 1.25. The van der Waals surface area contributed by atoms with Gasteiger partial charge in [-0.2, -0.15) is 10.1 Å². The van der Waals surface area contributed by atoms with E-state index >= 15 is 0 Å². The second-order valence-corrected chi connectivity index (χ2v) is 5.82. The second-order valence-electron chi connectivity index (χ2n) is 5.82. The highest BCUT2D eigenvalue weighted by atomic mass is 15.3. The summed E-state index contributed by atoms with van der Waals surface area (Å²) in [5, 5.41) is 14.4. The van der Waals surface area contributed by atoms with Crippen molar-refractivity contribution in [1.29, 1.82) is 0 Å². The molecule has 0 saturated carbocycles. The molecule has 0 bridgehead atoms. The number of aromatic nitrogens is 3. The van der Waals surface area contributed by atoms with E-state index in [9.17, 15) is 0 Å². The van der Waals surface area contributed by atoms with Crippen molar-refractivity contribution >= 4 is 11.8 Å². The summed E-state index contributed by atoms with van der Waals surface area (Å²) in [6, 6.07) is 8.28. The van der Waals surface area contributed by atoms with Crippen LogP contribution in [-0.4, -0.2) is 20.7 Å². The fourth-order valence-corrected chi connectivity index (χ4v) is 1.77. The molecule has 0 unspecified atom stereocenters. The molecule has 0 fully saturated rings. The van der Waals surface area contributed by atoms with Crippen LogP contribution in [0.5, 0.6) is 0 Å². The SMILES string of the molecule is Cc1ccccc1CNc1cnnc(NC(C)(C)C)n1. The quantitative estimate of drug-likeness (QED) is 0.895. The molecule has 0 aliphatic heterocycles. The van der Waals surface area contributed by atoms with E-state index in [4.69, 9.17) is 0 Å². The summed E-state index contributed by atoms with van der Waals surface area (Å²) in [5.41, 5.74) is 2.42. The average molecular weight is 271 g/mol. The third-order valence-electron chi connectivity index (χ3n) is 2.77. The van der Waals surface area contributed by atoms with Crippen LogP contribution in [0, 0.1) is 6.92 Å². The molecule has 2 rings (SSSR count). The molecule has 0 atom stereocenters. The van der Waals surface area contributed by atoms with Crippen LogP contribution in [0.4, 0.5) is 11.8 Å². The van der Waals surface area contributed by atoms with Crippen LogP contribution in [-0.2, 0) is 6.54 Å². The molecule has 2 aromatic rings. The first-order valence-corrected chi connectivity index (χ1v) is 6.70. The normalized spacial score (nSPS) is 11.2. The third-order valence-corrected chi connectivity index (χ3v) is 2.77. The Bertz CT molecular complexity index is 574. The number of anilines is 2. The molecule has 5 heteroatoms. The van der Waals surface area contributed by atoms with Gasteiger partial charge in [0.05, 0.1) is 6.20 Å². The third kappa shape index (κ3) is 4.19. The molecule has 0 aliphatic rings. The zero-order valence-corrected chi connectivity index (χ0v) is 12.4. The van der Waals surface area contributed by atoms with Gasteiger partial charge < -0.3 is 10.6 Å². The number of nitrogens with zero attached hydrogens (tertiary/aromatic N) is 3. The summed E-state index contributed by atoms with van der Waals surface area (Å²) in [4.78, 5) is 4.41. The monoisotopic (exact) mass is 271 g/mol. The lowest BCUT2D eigenvalue weighted by Crippen LogP contribution is -2.27. The highest BCUT2D eigenvalue weighted by Crippen LogP contribution is 2.12. The predicted octanol–water partition coefficient (Wildman–Crippen LogP) is 3.00. The Kier molecular flexibility index (Phi) is 4.17. The van der Waals surface area contributed by atoms with Gasteiger partial charge in [-0.1, -0.05) is 24.3 Å². The molecule has 20 heavy (non-hydrogen) atoms. The van der Waals surface area contributed by atoms with Gasteiger partial charge in [0.25, 0.3) is 0 Å². The molecule has 1 aromatic heterocycles. The fourth-order valence-electron chi connectivity index (χ4n) is 1.77. The van der Waals surface area contributed by atoms with Crippen molar-refractivity contribution in [3.63, 3.8) is 0 Å². The number of hydrogen-bond donors (Lipinski definition) is 2. The topological polar surface area (TPSA) is 62.7 Å². The lowest BCUT2D eigenvalue weighted by Gasteiger charge is -2.20. The van der Waals surface area contributed by atoms with E-state index in [-0.39, 0.29) is 5.54 Å². The zero-order chi connectivity index (χ0) is 14.6. The molecule has 5 nitrogen and oxygen atoms in total. The minimum absolute atomic E-state index is 0.0870. The van der Waals surface area contributed by atoms with E-state index in [0.29, 0.717) is 5.95 Å². The molecule has 1 heterocycles. The van der Waals surface area contributed by atoms with E-state index < -0.39 is 0 Å². The number of aryl methyl sites for hydroxylation is 1. The first kappa shape index (κ1) is 14.2. The zero-order valence-electron chi connectivity index (χ0n) is 12.4. The van der Waals surface area contributed by atoms with Crippen molar-refractivity contribution in [1.82, 2.24) is 15.2 Å². The van der Waals surface area contributed by atoms with E-state index in [1.165, 1.54) is 11.1 Å². The Morgan fingerprint density at radius 2 is 1.90 bits per heavy atom. The summed E-state index contributed by atoms with van der Waals surface area (Å²) in [6.45, 7) is 9.00. The lowest BCUT2D eigenvalue weighted by molar-refractivity contribution is 0.623. The summed E-state index contributed by atoms with van der Waals surface area (Å²) >= 11 is 0. The van der Waals surface area contributed by atoms with E-state index in [1.807, 2.05) is 12.1 Å². The largest absolute Gasteiger partial charge is 0.365 e. The van der Waals surface area contributed by atoms with Crippen LogP contribution >= 0.6 is 0 Å². The van der Waals surface area contributed by atoms with Gasteiger partial charge in [0, 0.05) is 12.1 Å². The number of nitrogens with one attached hydrogen (secondary N) is 2. The van der Waals surface area contributed by atoms with Gasteiger partial charge in [-0.05, 0) is 38.8 Å². The molecule has 0 saturated heterocycles. The van der Waals surface area contributed by atoms with E-state index in [0.717, 1.165) is 12.4 Å². The lowest BCUT2D eigenvalue weighted by atomic mass is 10.1. The maximum atomic E-state index is 4.41. The minimum Gasteiger partial charge on any atom is -0.365 e. The molecule has 0 aliphatic carbocycles. The van der Waals surface area contributed by atoms with Crippen molar-refractivity contribution in [2.75, 3.05) is 10.6 Å². The second kappa shape index (κ2) is 5.86. The Labute approximate surface area is 119 Å². The summed E-state index contributed by atoms with van der Waals surface area (Å²) < 4.78 is 0. The molecule has 0 spiro atoms. The van der Waals surface area contributed by atoms with Crippen LogP contribution in [0.3, 0.4) is 0 Å². The number of benzene rings is 1. The Morgan fingerprint density at radius 1 is 1.15 bits per heavy atom. The molecule has 1 aromatic carbocycles. The van der Waals surface area contributed by atoms with Crippen molar-refractivity contribution in [3.8, 4) is 0 Å². The first-order valence-electron chi connectivity index (χ1n) is 6.70. The van der Waals surface area contributed by atoms with Crippen molar-refractivity contribution in [3.05, 3.63) is 41.6 Å². The van der Waals surface area contributed by atoms with Gasteiger partial charge >= 0.3 is 0 Å². The van der Waals surface area contributed by atoms with Crippen molar-refractivity contribution in [2.24, 2.45) is 0 Å². The van der Waals surface area contributed by atoms with E-state index in [1.54, 1.807) is 6.20 Å². The van der Waals surface area contributed by atoms with Crippen LogP contribution in [0.2, 0.25) is 0 Å². The molecule has 0 radical (unpaired) electrons. The van der Waals surface area contributed by atoms with Gasteiger partial charge in [0.2, 0.25) is 5.95 Å². The smallest absolute Gasteiger partial charge is 0.245 e. The average Bonchev–Trinajstić information content (AvgIpc) is 2.36. The van der Waals surface area contributed by atoms with Gasteiger partial charge in [-0.25, -0.2) is 0 Å². The number of hydrogen-bond acceptors (Lipinski definition) is 5. The van der Waals surface area contributed by atoms with Crippen LogP contribution in [0.1, 0.15) is 31.9 Å². The Hall–Kier alpha value is -2.17. The molecule has 2 N–H and O–H groups in total. The van der Waals surface area contributed by atoms with Gasteiger partial charge in [-0.15, -0.1) is 5.10 Å². The highest BCUT2D eigenvalue weighted by molar-refractivity contribution is 5.39. The predicted molar refractivity (Wildman–Crippen MR) is 81.7 cm³/mol. The summed E-state index contributed by atoms with van der Waals surface area (Å²) in [7, 11) is 0. The van der Waals surface area contributed by atoms with Crippen LogP contribution in [0.25, 0.3) is 0 Å². The Morgan fingerprint density at radius 3 is 2.60 bits per heavy atom. The van der Waals surface area contributed by atoms with Crippen LogP contribution in [0.15, 0.2) is 30.5 Å².